The zero-order chi connectivity index (χ0) is 11.0. The summed E-state index contributed by atoms with van der Waals surface area (Å²) in [5.74, 6) is 2.10. The van der Waals surface area contributed by atoms with Crippen LogP contribution in [0.5, 0.6) is 5.75 Å². The van der Waals surface area contributed by atoms with Crippen molar-refractivity contribution in [2.45, 2.75) is 19.8 Å². The van der Waals surface area contributed by atoms with Crippen LogP contribution in [-0.4, -0.2) is 21.7 Å². The number of pyridine rings is 1. The Morgan fingerprint density at radius 3 is 2.73 bits per heavy atom. The molecule has 0 aromatic carbocycles. The van der Waals surface area contributed by atoms with Crippen molar-refractivity contribution < 1.29 is 4.74 Å². The van der Waals surface area contributed by atoms with Crippen molar-refractivity contribution in [3.63, 3.8) is 0 Å². The molecule has 0 spiro atoms. The number of rotatable bonds is 2. The van der Waals surface area contributed by atoms with E-state index in [1.807, 2.05) is 16.7 Å². The third-order valence-corrected chi connectivity index (χ3v) is 3.08. The van der Waals surface area contributed by atoms with Crippen LogP contribution in [0.2, 0.25) is 0 Å². The lowest BCUT2D eigenvalue weighted by atomic mass is 10.2. The van der Waals surface area contributed by atoms with Gasteiger partial charge in [-0.15, -0.1) is 10.2 Å². The molecule has 2 rings (SSSR count). The standard InChI is InChI=1S/C10H12IN3O/c1-6(2)9-12-13-10-8(15-3)7(11)4-5-14(9)10/h4-6H,1-3H3. The summed E-state index contributed by atoms with van der Waals surface area (Å²) in [6.45, 7) is 4.20. The van der Waals surface area contributed by atoms with E-state index in [0.29, 0.717) is 5.92 Å². The third kappa shape index (κ3) is 1.68. The van der Waals surface area contributed by atoms with Gasteiger partial charge in [0.15, 0.2) is 5.75 Å². The molecule has 0 saturated heterocycles. The van der Waals surface area contributed by atoms with E-state index in [1.54, 1.807) is 7.11 Å². The van der Waals surface area contributed by atoms with E-state index >= 15 is 0 Å². The molecule has 15 heavy (non-hydrogen) atoms. The topological polar surface area (TPSA) is 39.4 Å². The minimum atomic E-state index is 0.352. The van der Waals surface area contributed by atoms with Crippen molar-refractivity contribution >= 4 is 28.2 Å². The monoisotopic (exact) mass is 317 g/mol. The molecule has 0 aliphatic heterocycles. The fraction of sp³-hybridized carbons (Fsp3) is 0.400. The van der Waals surface area contributed by atoms with Crippen LogP contribution in [0.4, 0.5) is 0 Å². The Labute approximate surface area is 102 Å². The molecule has 80 valence electrons. The van der Waals surface area contributed by atoms with Crippen LogP contribution in [0, 0.1) is 3.57 Å². The van der Waals surface area contributed by atoms with Crippen molar-refractivity contribution in [2.24, 2.45) is 0 Å². The van der Waals surface area contributed by atoms with Gasteiger partial charge in [0.2, 0.25) is 5.65 Å². The predicted octanol–water partition coefficient (Wildman–Crippen LogP) is 2.47. The van der Waals surface area contributed by atoms with Crippen LogP contribution in [0.1, 0.15) is 25.6 Å². The maximum atomic E-state index is 5.32. The van der Waals surface area contributed by atoms with E-state index in [9.17, 15) is 0 Å². The maximum absolute atomic E-state index is 5.32. The zero-order valence-corrected chi connectivity index (χ0v) is 11.0. The molecule has 0 aliphatic carbocycles. The van der Waals surface area contributed by atoms with Gasteiger partial charge in [0.05, 0.1) is 10.7 Å². The van der Waals surface area contributed by atoms with E-state index in [1.165, 1.54) is 0 Å². The van der Waals surface area contributed by atoms with Gasteiger partial charge in [-0.25, -0.2) is 0 Å². The van der Waals surface area contributed by atoms with E-state index in [2.05, 4.69) is 46.6 Å². The summed E-state index contributed by atoms with van der Waals surface area (Å²) < 4.78 is 8.34. The first kappa shape index (κ1) is 10.7. The van der Waals surface area contributed by atoms with Crippen molar-refractivity contribution in [3.8, 4) is 5.75 Å². The van der Waals surface area contributed by atoms with Crippen molar-refractivity contribution in [2.75, 3.05) is 7.11 Å². The summed E-state index contributed by atoms with van der Waals surface area (Å²) in [7, 11) is 1.65. The Morgan fingerprint density at radius 2 is 2.13 bits per heavy atom. The van der Waals surface area contributed by atoms with Gasteiger partial charge in [-0.05, 0) is 28.7 Å². The second-order valence-corrected chi connectivity index (χ2v) is 4.77. The zero-order valence-electron chi connectivity index (χ0n) is 8.86. The summed E-state index contributed by atoms with van der Waals surface area (Å²) in [5, 5.41) is 8.33. The molecule has 0 bridgehead atoms. The molecule has 0 amide bonds. The smallest absolute Gasteiger partial charge is 0.204 e. The van der Waals surface area contributed by atoms with E-state index in [4.69, 9.17) is 4.74 Å². The lowest BCUT2D eigenvalue weighted by Crippen LogP contribution is -1.98. The van der Waals surface area contributed by atoms with Gasteiger partial charge < -0.3 is 4.74 Å². The number of fused-ring (bicyclic) bond motifs is 1. The average Bonchev–Trinajstić information content (AvgIpc) is 2.61. The molecule has 2 aromatic heterocycles. The Hall–Kier alpha value is -0.850. The summed E-state index contributed by atoms with van der Waals surface area (Å²) in [5.41, 5.74) is 0.785. The molecular formula is C10H12IN3O. The summed E-state index contributed by atoms with van der Waals surface area (Å²) in [6, 6.07) is 2.00. The van der Waals surface area contributed by atoms with Gasteiger partial charge in [0.25, 0.3) is 0 Å². The number of methoxy groups -OCH3 is 1. The number of nitrogens with zero attached hydrogens (tertiary/aromatic N) is 3. The number of ether oxygens (including phenoxy) is 1. The number of aromatic nitrogens is 3. The second kappa shape index (κ2) is 3.96. The van der Waals surface area contributed by atoms with Crippen LogP contribution in [0.15, 0.2) is 12.3 Å². The van der Waals surface area contributed by atoms with Crippen LogP contribution < -0.4 is 4.74 Å². The molecule has 0 fully saturated rings. The lowest BCUT2D eigenvalue weighted by molar-refractivity contribution is 0.413. The van der Waals surface area contributed by atoms with Gasteiger partial charge in [-0.3, -0.25) is 4.40 Å². The van der Waals surface area contributed by atoms with Gasteiger partial charge in [0.1, 0.15) is 5.82 Å². The fourth-order valence-electron chi connectivity index (χ4n) is 1.51. The highest BCUT2D eigenvalue weighted by Gasteiger charge is 2.14. The molecule has 0 radical (unpaired) electrons. The number of halogens is 1. The molecule has 0 saturated carbocycles. The quantitative estimate of drug-likeness (QED) is 0.799. The highest BCUT2D eigenvalue weighted by molar-refractivity contribution is 14.1. The molecule has 0 N–H and O–H groups in total. The molecule has 2 heterocycles. The Balaban J connectivity index is 2.74. The molecule has 0 aliphatic rings. The molecule has 4 nitrogen and oxygen atoms in total. The van der Waals surface area contributed by atoms with Gasteiger partial charge >= 0.3 is 0 Å². The second-order valence-electron chi connectivity index (χ2n) is 3.60. The minimum absolute atomic E-state index is 0.352. The molecule has 0 unspecified atom stereocenters. The highest BCUT2D eigenvalue weighted by atomic mass is 127. The van der Waals surface area contributed by atoms with Gasteiger partial charge in [-0.2, -0.15) is 0 Å². The largest absolute Gasteiger partial charge is 0.492 e. The minimum Gasteiger partial charge on any atom is -0.492 e. The SMILES string of the molecule is COc1c(I)ccn2c(C(C)C)nnc12. The molecule has 0 atom stereocenters. The van der Waals surface area contributed by atoms with Gasteiger partial charge in [0, 0.05) is 12.1 Å². The van der Waals surface area contributed by atoms with E-state index in [0.717, 1.165) is 20.8 Å². The first-order valence-corrected chi connectivity index (χ1v) is 5.80. The molecule has 5 heteroatoms. The van der Waals surface area contributed by atoms with E-state index < -0.39 is 0 Å². The van der Waals surface area contributed by atoms with E-state index in [-0.39, 0.29) is 0 Å². The maximum Gasteiger partial charge on any atom is 0.204 e. The summed E-state index contributed by atoms with van der Waals surface area (Å²) in [4.78, 5) is 0. The fourth-order valence-corrected chi connectivity index (χ4v) is 2.13. The molecule has 2 aromatic rings. The Morgan fingerprint density at radius 1 is 1.40 bits per heavy atom. The first-order valence-electron chi connectivity index (χ1n) is 4.72. The predicted molar refractivity (Wildman–Crippen MR) is 66.3 cm³/mol. The lowest BCUT2D eigenvalue weighted by Gasteiger charge is -2.06. The first-order chi connectivity index (χ1) is 7.15. The van der Waals surface area contributed by atoms with Crippen LogP contribution in [0.3, 0.4) is 0 Å². The van der Waals surface area contributed by atoms with Crippen molar-refractivity contribution in [3.05, 3.63) is 21.7 Å². The number of hydrogen-bond donors (Lipinski definition) is 0. The van der Waals surface area contributed by atoms with Gasteiger partial charge in [-0.1, -0.05) is 13.8 Å². The Bertz CT molecular complexity index is 493. The van der Waals surface area contributed by atoms with Crippen LogP contribution in [-0.2, 0) is 0 Å². The number of hydrogen-bond acceptors (Lipinski definition) is 3. The third-order valence-electron chi connectivity index (χ3n) is 2.23. The van der Waals surface area contributed by atoms with Crippen molar-refractivity contribution in [1.82, 2.24) is 14.6 Å². The summed E-state index contributed by atoms with van der Waals surface area (Å²) >= 11 is 2.23. The Kier molecular flexibility index (Phi) is 2.81. The summed E-state index contributed by atoms with van der Waals surface area (Å²) in [6.07, 6.45) is 1.98. The van der Waals surface area contributed by atoms with Crippen LogP contribution in [0.25, 0.3) is 5.65 Å². The van der Waals surface area contributed by atoms with Crippen molar-refractivity contribution in [1.29, 1.82) is 0 Å². The normalized spacial score (nSPS) is 11.3. The average molecular weight is 317 g/mol. The molecular weight excluding hydrogens is 305 g/mol. The highest BCUT2D eigenvalue weighted by Crippen LogP contribution is 2.26. The van der Waals surface area contributed by atoms with Crippen LogP contribution >= 0.6 is 22.6 Å².